The molecule has 2 aromatic rings. The minimum absolute atomic E-state index is 0.0276. The second kappa shape index (κ2) is 7.20. The largest absolute Gasteiger partial charge is 0.397 e. The summed E-state index contributed by atoms with van der Waals surface area (Å²) in [5.41, 5.74) is 15.0. The second-order valence-corrected chi connectivity index (χ2v) is 6.34. The van der Waals surface area contributed by atoms with E-state index in [1.807, 2.05) is 55.5 Å². The SMILES string of the molecule is CN(C)Cc1ccccc1C1N=C(NC#N)Nc2nc(N)c(C#N)c(N)c21. The molecule has 6 N–H and O–H groups in total. The third kappa shape index (κ3) is 3.32. The Labute approximate surface area is 156 Å². The molecule has 0 spiro atoms. The van der Waals surface area contributed by atoms with Gasteiger partial charge in [0.05, 0.1) is 5.69 Å². The lowest BCUT2D eigenvalue weighted by atomic mass is 9.92. The van der Waals surface area contributed by atoms with Crippen LogP contribution in [0.3, 0.4) is 0 Å². The van der Waals surface area contributed by atoms with Crippen LogP contribution >= 0.6 is 0 Å². The standard InChI is InChI=1S/C18H19N9/c1-27(2)8-10-5-3-4-6-11(10)15-13-14(21)12(7-19)16(22)25-17(13)26-18(24-15)23-9-20/h3-6,15H,8H2,1-2H3,(H6,21,22,23,24,25,26). The van der Waals surface area contributed by atoms with Gasteiger partial charge in [0.25, 0.3) is 0 Å². The van der Waals surface area contributed by atoms with Crippen molar-refractivity contribution in [1.82, 2.24) is 15.2 Å². The lowest BCUT2D eigenvalue weighted by Gasteiger charge is -2.28. The van der Waals surface area contributed by atoms with Gasteiger partial charge in [0.1, 0.15) is 29.3 Å². The van der Waals surface area contributed by atoms with E-state index in [-0.39, 0.29) is 23.0 Å². The number of rotatable bonds is 3. The van der Waals surface area contributed by atoms with Crippen molar-refractivity contribution in [2.24, 2.45) is 4.99 Å². The van der Waals surface area contributed by atoms with Crippen LogP contribution in [-0.2, 0) is 6.54 Å². The highest BCUT2D eigenvalue weighted by Gasteiger charge is 2.30. The summed E-state index contributed by atoms with van der Waals surface area (Å²) in [6.45, 7) is 0.694. The molecule has 1 unspecified atom stereocenters. The van der Waals surface area contributed by atoms with Crippen LogP contribution in [0.1, 0.15) is 28.3 Å². The van der Waals surface area contributed by atoms with E-state index < -0.39 is 6.04 Å². The van der Waals surface area contributed by atoms with Crippen molar-refractivity contribution >= 4 is 23.3 Å². The van der Waals surface area contributed by atoms with E-state index in [4.69, 9.17) is 16.7 Å². The van der Waals surface area contributed by atoms with Crippen molar-refractivity contribution in [3.8, 4) is 12.3 Å². The minimum Gasteiger partial charge on any atom is -0.397 e. The smallest absolute Gasteiger partial charge is 0.211 e. The fourth-order valence-corrected chi connectivity index (χ4v) is 3.09. The molecular formula is C18H19N9. The Morgan fingerprint density at radius 3 is 2.67 bits per heavy atom. The third-order valence-corrected chi connectivity index (χ3v) is 4.19. The zero-order chi connectivity index (χ0) is 19.6. The molecule has 0 saturated carbocycles. The number of aliphatic imine (C=N–C) groups is 1. The van der Waals surface area contributed by atoms with Gasteiger partial charge in [0.15, 0.2) is 6.19 Å². The van der Waals surface area contributed by atoms with Gasteiger partial charge in [0.2, 0.25) is 5.96 Å². The van der Waals surface area contributed by atoms with E-state index in [0.717, 1.165) is 11.1 Å². The molecule has 9 heteroatoms. The van der Waals surface area contributed by atoms with Gasteiger partial charge in [-0.2, -0.15) is 10.5 Å². The molecule has 27 heavy (non-hydrogen) atoms. The Morgan fingerprint density at radius 1 is 1.26 bits per heavy atom. The number of hydrogen-bond donors (Lipinski definition) is 4. The Morgan fingerprint density at radius 2 is 2.00 bits per heavy atom. The fourth-order valence-electron chi connectivity index (χ4n) is 3.09. The normalized spacial score (nSPS) is 15.1. The zero-order valence-electron chi connectivity index (χ0n) is 15.0. The van der Waals surface area contributed by atoms with Gasteiger partial charge < -0.3 is 21.7 Å². The maximum Gasteiger partial charge on any atom is 0.211 e. The third-order valence-electron chi connectivity index (χ3n) is 4.19. The topological polar surface area (TPSA) is 152 Å². The van der Waals surface area contributed by atoms with Crippen LogP contribution < -0.4 is 22.1 Å². The quantitative estimate of drug-likeness (QED) is 0.469. The van der Waals surface area contributed by atoms with Crippen LogP contribution in [0, 0.1) is 22.8 Å². The molecule has 1 atom stereocenters. The van der Waals surface area contributed by atoms with E-state index in [2.05, 4.69) is 20.6 Å². The first-order valence-corrected chi connectivity index (χ1v) is 8.17. The molecule has 1 aromatic carbocycles. The summed E-state index contributed by atoms with van der Waals surface area (Å²) in [5, 5.41) is 23.8. The predicted octanol–water partition coefficient (Wildman–Crippen LogP) is 1.12. The van der Waals surface area contributed by atoms with Crippen molar-refractivity contribution < 1.29 is 0 Å². The lowest BCUT2D eigenvalue weighted by Crippen LogP contribution is -2.33. The van der Waals surface area contributed by atoms with Gasteiger partial charge in [-0.1, -0.05) is 24.3 Å². The number of nitrogens with zero attached hydrogens (tertiary/aromatic N) is 5. The van der Waals surface area contributed by atoms with E-state index in [1.165, 1.54) is 0 Å². The molecule has 0 aliphatic carbocycles. The number of nitrogens with one attached hydrogen (secondary N) is 2. The highest BCUT2D eigenvalue weighted by atomic mass is 15.2. The number of anilines is 3. The second-order valence-electron chi connectivity index (χ2n) is 6.34. The highest BCUT2D eigenvalue weighted by Crippen LogP contribution is 2.41. The van der Waals surface area contributed by atoms with Crippen molar-refractivity contribution in [3.05, 3.63) is 46.5 Å². The first-order valence-electron chi connectivity index (χ1n) is 8.17. The molecule has 1 aromatic heterocycles. The molecule has 3 rings (SSSR count). The zero-order valence-corrected chi connectivity index (χ0v) is 15.0. The summed E-state index contributed by atoms with van der Waals surface area (Å²) < 4.78 is 0. The molecular weight excluding hydrogens is 342 g/mol. The van der Waals surface area contributed by atoms with Crippen molar-refractivity contribution in [3.63, 3.8) is 0 Å². The molecule has 1 aliphatic heterocycles. The van der Waals surface area contributed by atoms with Crippen LogP contribution in [0.25, 0.3) is 0 Å². The number of aromatic nitrogens is 1. The molecule has 0 amide bonds. The summed E-state index contributed by atoms with van der Waals surface area (Å²) in [6, 6.07) is 9.30. The molecule has 1 aliphatic rings. The molecule has 136 valence electrons. The van der Waals surface area contributed by atoms with Crippen LogP contribution in [0.2, 0.25) is 0 Å². The molecule has 0 saturated heterocycles. The van der Waals surface area contributed by atoms with Crippen LogP contribution in [0.15, 0.2) is 29.3 Å². The Kier molecular flexibility index (Phi) is 4.79. The van der Waals surface area contributed by atoms with Gasteiger partial charge in [0, 0.05) is 12.1 Å². The van der Waals surface area contributed by atoms with Crippen molar-refractivity contribution in [2.75, 3.05) is 30.9 Å². The van der Waals surface area contributed by atoms with Gasteiger partial charge in [-0.3, -0.25) is 5.32 Å². The van der Waals surface area contributed by atoms with E-state index in [0.29, 0.717) is 17.9 Å². The summed E-state index contributed by atoms with van der Waals surface area (Å²) in [5.74, 6) is 0.645. The number of fused-ring (bicyclic) bond motifs is 1. The molecule has 2 heterocycles. The summed E-state index contributed by atoms with van der Waals surface area (Å²) in [6.07, 6.45) is 1.84. The number of benzene rings is 1. The first-order chi connectivity index (χ1) is 13.0. The van der Waals surface area contributed by atoms with Crippen LogP contribution in [-0.4, -0.2) is 29.9 Å². The maximum atomic E-state index is 9.40. The predicted molar refractivity (Wildman–Crippen MR) is 103 cm³/mol. The highest BCUT2D eigenvalue weighted by molar-refractivity contribution is 5.98. The van der Waals surface area contributed by atoms with Crippen LogP contribution in [0.5, 0.6) is 0 Å². The fraction of sp³-hybridized carbons (Fsp3) is 0.222. The molecule has 0 radical (unpaired) electrons. The average Bonchev–Trinajstić information content (AvgIpc) is 2.61. The van der Waals surface area contributed by atoms with E-state index in [1.54, 1.807) is 0 Å². The summed E-state index contributed by atoms with van der Waals surface area (Å²) in [4.78, 5) is 10.9. The van der Waals surface area contributed by atoms with E-state index >= 15 is 0 Å². The van der Waals surface area contributed by atoms with Gasteiger partial charge in [-0.15, -0.1) is 0 Å². The molecule has 0 bridgehead atoms. The number of nitrogen functional groups attached to an aromatic ring is 2. The van der Waals surface area contributed by atoms with Gasteiger partial charge in [-0.05, 0) is 25.2 Å². The lowest BCUT2D eigenvalue weighted by molar-refractivity contribution is 0.400. The Hall–Kier alpha value is -3.82. The Bertz CT molecular complexity index is 995. The average molecular weight is 361 g/mol. The Balaban J connectivity index is 2.25. The number of nitriles is 2. The van der Waals surface area contributed by atoms with Crippen LogP contribution in [0.4, 0.5) is 17.3 Å². The summed E-state index contributed by atoms with van der Waals surface area (Å²) in [7, 11) is 3.95. The summed E-state index contributed by atoms with van der Waals surface area (Å²) >= 11 is 0. The van der Waals surface area contributed by atoms with Gasteiger partial charge in [-0.25, -0.2) is 9.98 Å². The number of hydrogen-bond acceptors (Lipinski definition) is 9. The number of nitrogens with two attached hydrogens (primary N) is 2. The van der Waals surface area contributed by atoms with E-state index in [9.17, 15) is 5.26 Å². The first kappa shape index (κ1) is 18.0. The maximum absolute atomic E-state index is 9.40. The van der Waals surface area contributed by atoms with Gasteiger partial charge >= 0.3 is 0 Å². The number of guanidine groups is 1. The molecule has 0 fully saturated rings. The van der Waals surface area contributed by atoms with Crippen molar-refractivity contribution in [1.29, 1.82) is 10.5 Å². The monoisotopic (exact) mass is 361 g/mol. The minimum atomic E-state index is -0.534. The van der Waals surface area contributed by atoms with Crippen molar-refractivity contribution in [2.45, 2.75) is 12.6 Å². The number of pyridine rings is 1. The molecule has 9 nitrogen and oxygen atoms in total.